The average Bonchev–Trinajstić information content (AvgIpc) is 2.60. The number of hydrogen-bond acceptors (Lipinski definition) is 4. The summed E-state index contributed by atoms with van der Waals surface area (Å²) in [7, 11) is 4.59. The highest BCUT2D eigenvalue weighted by Gasteiger charge is 2.13. The molecule has 0 bridgehead atoms. The second-order valence-corrected chi connectivity index (χ2v) is 5.62. The number of carbonyl (C=O) groups excluding carboxylic acids is 1. The first-order chi connectivity index (χ1) is 11.5. The van der Waals surface area contributed by atoms with E-state index in [1.807, 2.05) is 0 Å². The minimum Gasteiger partial charge on any atom is -0.493 e. The van der Waals surface area contributed by atoms with Gasteiger partial charge in [0.25, 0.3) is 0 Å². The van der Waals surface area contributed by atoms with Crippen LogP contribution in [0, 0.1) is 0 Å². The predicted octanol–water partition coefficient (Wildman–Crippen LogP) is 4.92. The van der Waals surface area contributed by atoms with Gasteiger partial charge >= 0.3 is 0 Å². The van der Waals surface area contributed by atoms with Crippen molar-refractivity contribution in [1.29, 1.82) is 0 Å². The second kappa shape index (κ2) is 8.08. The lowest BCUT2D eigenvalue weighted by Crippen LogP contribution is -1.97. The number of hydrogen-bond donors (Lipinski definition) is 0. The van der Waals surface area contributed by atoms with Crippen molar-refractivity contribution < 1.29 is 19.0 Å². The minimum atomic E-state index is -0.253. The van der Waals surface area contributed by atoms with Gasteiger partial charge in [-0.25, -0.2) is 0 Å². The third kappa shape index (κ3) is 4.02. The van der Waals surface area contributed by atoms with E-state index in [4.69, 9.17) is 37.4 Å². The molecule has 0 unspecified atom stereocenters. The Morgan fingerprint density at radius 2 is 1.58 bits per heavy atom. The van der Waals surface area contributed by atoms with Crippen LogP contribution < -0.4 is 14.2 Å². The Bertz CT molecular complexity index is 760. The van der Waals surface area contributed by atoms with E-state index < -0.39 is 0 Å². The lowest BCUT2D eigenvalue weighted by atomic mass is 10.1. The highest BCUT2D eigenvalue weighted by Crippen LogP contribution is 2.38. The molecule has 2 rings (SSSR count). The number of carbonyl (C=O) groups is 1. The normalized spacial score (nSPS) is 10.7. The van der Waals surface area contributed by atoms with Gasteiger partial charge in [0.05, 0.1) is 26.4 Å². The molecule has 0 saturated carbocycles. The van der Waals surface area contributed by atoms with Crippen LogP contribution in [0.4, 0.5) is 0 Å². The Labute approximate surface area is 150 Å². The number of methoxy groups -OCH3 is 3. The van der Waals surface area contributed by atoms with Crippen molar-refractivity contribution in [2.24, 2.45) is 0 Å². The molecule has 0 N–H and O–H groups in total. The molecule has 0 heterocycles. The number of benzene rings is 2. The van der Waals surface area contributed by atoms with Crippen LogP contribution in [0.3, 0.4) is 0 Å². The van der Waals surface area contributed by atoms with Gasteiger partial charge in [-0.3, -0.25) is 4.79 Å². The number of rotatable bonds is 6. The highest BCUT2D eigenvalue weighted by molar-refractivity contribution is 6.36. The Balaban J connectivity index is 2.34. The molecule has 6 heteroatoms. The predicted molar refractivity (Wildman–Crippen MR) is 95.9 cm³/mol. The Hall–Kier alpha value is -2.17. The first-order valence-electron chi connectivity index (χ1n) is 6.97. The van der Waals surface area contributed by atoms with Gasteiger partial charge < -0.3 is 14.2 Å². The molecule has 4 nitrogen and oxygen atoms in total. The Kier molecular flexibility index (Phi) is 6.12. The SMILES string of the molecule is COc1cc(C=CC(=O)c2cc(Cl)ccc2Cl)cc(OC)c1OC. The third-order valence-electron chi connectivity index (χ3n) is 3.31. The fraction of sp³-hybridized carbons (Fsp3) is 0.167. The molecule has 0 fully saturated rings. The molecule has 0 atom stereocenters. The fourth-order valence-corrected chi connectivity index (χ4v) is 2.53. The lowest BCUT2D eigenvalue weighted by Gasteiger charge is -2.12. The monoisotopic (exact) mass is 366 g/mol. The summed E-state index contributed by atoms with van der Waals surface area (Å²) in [6.45, 7) is 0. The third-order valence-corrected chi connectivity index (χ3v) is 3.87. The standard InChI is InChI=1S/C18H16Cl2O4/c1-22-16-8-11(9-17(23-2)18(16)24-3)4-7-15(21)13-10-12(19)5-6-14(13)20/h4-10H,1-3H3. The molecule has 126 valence electrons. The molecule has 0 aliphatic heterocycles. The van der Waals surface area contributed by atoms with Crippen LogP contribution in [0.15, 0.2) is 36.4 Å². The molecule has 0 saturated heterocycles. The average molecular weight is 367 g/mol. The molecule has 0 aromatic heterocycles. The lowest BCUT2D eigenvalue weighted by molar-refractivity contribution is 0.104. The maximum atomic E-state index is 12.3. The minimum absolute atomic E-state index is 0.253. The maximum Gasteiger partial charge on any atom is 0.203 e. The van der Waals surface area contributed by atoms with Crippen molar-refractivity contribution in [3.8, 4) is 17.2 Å². The summed E-state index contributed by atoms with van der Waals surface area (Å²) in [5, 5.41) is 0.794. The van der Waals surface area contributed by atoms with Crippen LogP contribution in [0.2, 0.25) is 10.0 Å². The van der Waals surface area contributed by atoms with E-state index >= 15 is 0 Å². The van der Waals surface area contributed by atoms with E-state index in [0.29, 0.717) is 32.9 Å². The number of ketones is 1. The summed E-state index contributed by atoms with van der Waals surface area (Å²) >= 11 is 11.9. The molecule has 0 spiro atoms. The van der Waals surface area contributed by atoms with E-state index in [0.717, 1.165) is 5.56 Å². The van der Waals surface area contributed by atoms with Crippen molar-refractivity contribution >= 4 is 35.1 Å². The van der Waals surface area contributed by atoms with Gasteiger partial charge in [-0.1, -0.05) is 29.3 Å². The Morgan fingerprint density at radius 3 is 2.12 bits per heavy atom. The van der Waals surface area contributed by atoms with Crippen LogP contribution in [0.5, 0.6) is 17.2 Å². The van der Waals surface area contributed by atoms with Crippen LogP contribution in [-0.2, 0) is 0 Å². The second-order valence-electron chi connectivity index (χ2n) is 4.78. The van der Waals surface area contributed by atoms with Gasteiger partial charge in [0.2, 0.25) is 5.75 Å². The van der Waals surface area contributed by atoms with Crippen molar-refractivity contribution in [3.05, 3.63) is 57.6 Å². The first kappa shape index (κ1) is 18.2. The van der Waals surface area contributed by atoms with Gasteiger partial charge in [-0.2, -0.15) is 0 Å². The molecule has 24 heavy (non-hydrogen) atoms. The summed E-state index contributed by atoms with van der Waals surface area (Å²) < 4.78 is 15.8. The molecule has 0 aliphatic carbocycles. The zero-order chi connectivity index (χ0) is 17.7. The van der Waals surface area contributed by atoms with E-state index in [1.165, 1.54) is 33.5 Å². The van der Waals surface area contributed by atoms with Crippen LogP contribution in [0.1, 0.15) is 15.9 Å². The number of allylic oxidation sites excluding steroid dienone is 1. The maximum absolute atomic E-state index is 12.3. The van der Waals surface area contributed by atoms with Crippen LogP contribution in [-0.4, -0.2) is 27.1 Å². The van der Waals surface area contributed by atoms with Crippen LogP contribution >= 0.6 is 23.2 Å². The van der Waals surface area contributed by atoms with Gasteiger partial charge in [0.1, 0.15) is 0 Å². The van der Waals surface area contributed by atoms with Crippen molar-refractivity contribution in [2.45, 2.75) is 0 Å². The fourth-order valence-electron chi connectivity index (χ4n) is 2.15. The topological polar surface area (TPSA) is 44.8 Å². The highest BCUT2D eigenvalue weighted by atomic mass is 35.5. The quantitative estimate of drug-likeness (QED) is 0.537. The van der Waals surface area contributed by atoms with Crippen molar-refractivity contribution in [2.75, 3.05) is 21.3 Å². The number of halogens is 2. The molecule has 0 aliphatic rings. The molecule has 0 amide bonds. The molecular formula is C18H16Cl2O4. The summed E-state index contributed by atoms with van der Waals surface area (Å²) in [5.41, 5.74) is 1.06. The smallest absolute Gasteiger partial charge is 0.203 e. The van der Waals surface area contributed by atoms with Crippen molar-refractivity contribution in [3.63, 3.8) is 0 Å². The molecule has 2 aromatic carbocycles. The number of ether oxygens (including phenoxy) is 3. The van der Waals surface area contributed by atoms with Gasteiger partial charge in [0, 0.05) is 10.6 Å². The Morgan fingerprint density at radius 1 is 0.958 bits per heavy atom. The molecule has 2 aromatic rings. The first-order valence-corrected chi connectivity index (χ1v) is 7.73. The van der Waals surface area contributed by atoms with Gasteiger partial charge in [0.15, 0.2) is 17.3 Å². The van der Waals surface area contributed by atoms with E-state index in [9.17, 15) is 4.79 Å². The molecule has 0 radical (unpaired) electrons. The van der Waals surface area contributed by atoms with E-state index in [1.54, 1.807) is 30.3 Å². The molecular weight excluding hydrogens is 351 g/mol. The van der Waals surface area contributed by atoms with Crippen molar-refractivity contribution in [1.82, 2.24) is 0 Å². The van der Waals surface area contributed by atoms with Crippen LogP contribution in [0.25, 0.3) is 6.08 Å². The summed E-state index contributed by atoms with van der Waals surface area (Å²) in [6.07, 6.45) is 3.06. The zero-order valence-electron chi connectivity index (χ0n) is 13.4. The van der Waals surface area contributed by atoms with Gasteiger partial charge in [-0.15, -0.1) is 0 Å². The summed E-state index contributed by atoms with van der Waals surface area (Å²) in [5.74, 6) is 1.24. The largest absolute Gasteiger partial charge is 0.493 e. The van der Waals surface area contributed by atoms with E-state index in [2.05, 4.69) is 0 Å². The zero-order valence-corrected chi connectivity index (χ0v) is 14.9. The van der Waals surface area contributed by atoms with Gasteiger partial charge in [-0.05, 0) is 42.0 Å². The summed E-state index contributed by atoms with van der Waals surface area (Å²) in [4.78, 5) is 12.3. The van der Waals surface area contributed by atoms with E-state index in [-0.39, 0.29) is 5.78 Å². The summed E-state index contributed by atoms with van der Waals surface area (Å²) in [6, 6.07) is 8.23.